The molecule has 0 atom stereocenters. The maximum atomic E-state index is 10.8. The van der Waals surface area contributed by atoms with E-state index < -0.39 is 8.60 Å². The molecule has 2 aromatic carbocycles. The minimum atomic E-state index is -2.60. The molecule has 0 aromatic heterocycles. The molecule has 2 rings (SSSR count). The van der Waals surface area contributed by atoms with Crippen LogP contribution in [0, 0.1) is 6.92 Å². The van der Waals surface area contributed by atoms with Crippen LogP contribution in [0.25, 0.3) is 11.1 Å². The van der Waals surface area contributed by atoms with Gasteiger partial charge in [-0.2, -0.15) is 0 Å². The van der Waals surface area contributed by atoms with Crippen LogP contribution >= 0.6 is 8.60 Å². The number of benzene rings is 2. The fourth-order valence-electron chi connectivity index (χ4n) is 3.15. The standard InChI is InChI=1S/C21H29O4P/c1-13-11-15(20(2,3)4)18(16(12-13)21(5,6)7)14-9-8-10-17(19(14)22)25-26(23)24/h8-12,22-24H,1-7H3. The van der Waals surface area contributed by atoms with Crippen molar-refractivity contribution < 1.29 is 19.4 Å². The lowest BCUT2D eigenvalue weighted by Crippen LogP contribution is -2.19. The fraction of sp³-hybridized carbons (Fsp3) is 0.429. The topological polar surface area (TPSA) is 69.9 Å². The quantitative estimate of drug-likeness (QED) is 0.614. The lowest BCUT2D eigenvalue weighted by atomic mass is 9.73. The first-order valence-electron chi connectivity index (χ1n) is 8.66. The van der Waals surface area contributed by atoms with Gasteiger partial charge in [-0.25, -0.2) is 0 Å². The third kappa shape index (κ3) is 4.37. The minimum absolute atomic E-state index is 0.0684. The zero-order valence-corrected chi connectivity index (χ0v) is 17.5. The molecule has 142 valence electrons. The van der Waals surface area contributed by atoms with Crippen LogP contribution in [-0.2, 0) is 10.8 Å². The first-order valence-corrected chi connectivity index (χ1v) is 9.82. The molecule has 4 nitrogen and oxygen atoms in total. The molecule has 3 N–H and O–H groups in total. The monoisotopic (exact) mass is 376 g/mol. The van der Waals surface area contributed by atoms with Crippen LogP contribution in [0.5, 0.6) is 11.5 Å². The molecule has 2 aromatic rings. The van der Waals surface area contributed by atoms with E-state index >= 15 is 0 Å². The Morgan fingerprint density at radius 1 is 0.885 bits per heavy atom. The zero-order chi connectivity index (χ0) is 19.9. The Morgan fingerprint density at radius 3 is 1.81 bits per heavy atom. The van der Waals surface area contributed by atoms with Crippen molar-refractivity contribution in [2.75, 3.05) is 0 Å². The Balaban J connectivity index is 2.88. The summed E-state index contributed by atoms with van der Waals surface area (Å²) in [6, 6.07) is 9.43. The third-order valence-electron chi connectivity index (χ3n) is 4.35. The van der Waals surface area contributed by atoms with Gasteiger partial charge in [-0.15, -0.1) is 0 Å². The molecule has 0 fully saturated rings. The number of hydrogen-bond acceptors (Lipinski definition) is 4. The van der Waals surface area contributed by atoms with Gasteiger partial charge in [-0.1, -0.05) is 71.4 Å². The molecule has 26 heavy (non-hydrogen) atoms. The van der Waals surface area contributed by atoms with E-state index in [9.17, 15) is 14.9 Å². The Morgan fingerprint density at radius 2 is 1.38 bits per heavy atom. The van der Waals surface area contributed by atoms with Crippen molar-refractivity contribution in [2.45, 2.75) is 59.3 Å². The molecule has 0 amide bonds. The first-order chi connectivity index (χ1) is 11.8. The number of aryl methyl sites for hydroxylation is 1. The van der Waals surface area contributed by atoms with Gasteiger partial charge in [0.25, 0.3) is 0 Å². The van der Waals surface area contributed by atoms with Crippen LogP contribution in [0.15, 0.2) is 30.3 Å². The highest BCUT2D eigenvalue weighted by Gasteiger charge is 2.29. The molecule has 0 spiro atoms. The lowest BCUT2D eigenvalue weighted by molar-refractivity contribution is 0.361. The molecule has 0 aliphatic rings. The van der Waals surface area contributed by atoms with E-state index in [0.29, 0.717) is 5.56 Å². The Bertz CT molecular complexity index is 764. The molecule has 0 heterocycles. The summed E-state index contributed by atoms with van der Waals surface area (Å²) in [6.07, 6.45) is 0. The van der Waals surface area contributed by atoms with Crippen molar-refractivity contribution in [2.24, 2.45) is 0 Å². The maximum absolute atomic E-state index is 10.8. The number of para-hydroxylation sites is 1. The molecular formula is C21H29O4P. The largest absolute Gasteiger partial charge is 0.504 e. The molecule has 0 bridgehead atoms. The summed E-state index contributed by atoms with van der Waals surface area (Å²) in [5.74, 6) is -0.0122. The van der Waals surface area contributed by atoms with E-state index in [1.165, 1.54) is 11.6 Å². The second-order valence-corrected chi connectivity index (χ2v) is 9.42. The summed E-state index contributed by atoms with van der Waals surface area (Å²) in [6.45, 7) is 15.0. The van der Waals surface area contributed by atoms with Gasteiger partial charge in [0.05, 0.1) is 0 Å². The van der Waals surface area contributed by atoms with E-state index in [1.54, 1.807) is 6.07 Å². The summed E-state index contributed by atoms with van der Waals surface area (Å²) < 4.78 is 5.01. The fourth-order valence-corrected chi connectivity index (χ4v) is 3.47. The van der Waals surface area contributed by atoms with Gasteiger partial charge >= 0.3 is 8.60 Å². The SMILES string of the molecule is Cc1cc(C(C)(C)C)c(-c2cccc(OP(O)O)c2O)c(C(C)(C)C)c1. The van der Waals surface area contributed by atoms with Crippen molar-refractivity contribution in [3.05, 3.63) is 47.0 Å². The van der Waals surface area contributed by atoms with Crippen molar-refractivity contribution in [3.63, 3.8) is 0 Å². The number of aromatic hydroxyl groups is 1. The maximum Gasteiger partial charge on any atom is 0.391 e. The number of phenols is 1. The minimum Gasteiger partial charge on any atom is -0.504 e. The molecule has 0 aliphatic carbocycles. The Kier molecular flexibility index (Phi) is 5.72. The number of phenolic OH excluding ortho intramolecular Hbond substituents is 1. The second-order valence-electron chi connectivity index (χ2n) is 8.73. The molecule has 5 heteroatoms. The highest BCUT2D eigenvalue weighted by Crippen LogP contribution is 2.47. The van der Waals surface area contributed by atoms with Gasteiger partial charge in [0.1, 0.15) is 0 Å². The van der Waals surface area contributed by atoms with Crippen molar-refractivity contribution >= 4 is 8.60 Å². The Labute approximate surface area is 157 Å². The molecule has 0 radical (unpaired) electrons. The Hall–Kier alpha value is -1.61. The molecular weight excluding hydrogens is 347 g/mol. The van der Waals surface area contributed by atoms with Crippen LogP contribution in [-0.4, -0.2) is 14.9 Å². The summed E-state index contributed by atoms with van der Waals surface area (Å²) in [4.78, 5) is 18.4. The second kappa shape index (κ2) is 7.19. The third-order valence-corrected chi connectivity index (χ3v) is 4.71. The highest BCUT2D eigenvalue weighted by molar-refractivity contribution is 7.39. The van der Waals surface area contributed by atoms with E-state index in [0.717, 1.165) is 16.7 Å². The summed E-state index contributed by atoms with van der Waals surface area (Å²) in [5.41, 5.74) is 4.77. The van der Waals surface area contributed by atoms with Crippen molar-refractivity contribution in [1.82, 2.24) is 0 Å². The smallest absolute Gasteiger partial charge is 0.391 e. The molecule has 0 aliphatic heterocycles. The number of hydrogen-bond donors (Lipinski definition) is 3. The van der Waals surface area contributed by atoms with Crippen LogP contribution in [0.3, 0.4) is 0 Å². The normalized spacial score (nSPS) is 12.5. The van der Waals surface area contributed by atoms with Gasteiger partial charge in [-0.3, -0.25) is 0 Å². The summed E-state index contributed by atoms with van der Waals surface area (Å²) in [5, 5.41) is 10.8. The van der Waals surface area contributed by atoms with Crippen LogP contribution in [0.4, 0.5) is 0 Å². The van der Waals surface area contributed by atoms with Gasteiger partial charge < -0.3 is 19.4 Å². The zero-order valence-electron chi connectivity index (χ0n) is 16.6. The predicted octanol–water partition coefficient (Wildman–Crippen LogP) is 5.55. The summed E-state index contributed by atoms with van der Waals surface area (Å²) in [7, 11) is -2.60. The average Bonchev–Trinajstić information content (AvgIpc) is 2.46. The van der Waals surface area contributed by atoms with Gasteiger partial charge in [0.15, 0.2) is 11.5 Å². The van der Waals surface area contributed by atoms with Gasteiger partial charge in [0.2, 0.25) is 0 Å². The molecule has 0 saturated carbocycles. The van der Waals surface area contributed by atoms with Crippen LogP contribution in [0.2, 0.25) is 0 Å². The van der Waals surface area contributed by atoms with Gasteiger partial charge in [-0.05, 0) is 40.5 Å². The predicted molar refractivity (Wildman–Crippen MR) is 108 cm³/mol. The highest BCUT2D eigenvalue weighted by atomic mass is 31.2. The summed E-state index contributed by atoms with van der Waals surface area (Å²) >= 11 is 0. The van der Waals surface area contributed by atoms with Crippen LogP contribution < -0.4 is 4.52 Å². The average molecular weight is 376 g/mol. The van der Waals surface area contributed by atoms with E-state index in [1.807, 2.05) is 6.07 Å². The van der Waals surface area contributed by atoms with Crippen LogP contribution in [0.1, 0.15) is 58.2 Å². The van der Waals surface area contributed by atoms with E-state index in [-0.39, 0.29) is 22.3 Å². The first kappa shape index (κ1) is 20.7. The van der Waals surface area contributed by atoms with Crippen molar-refractivity contribution in [3.8, 4) is 22.6 Å². The van der Waals surface area contributed by atoms with Crippen molar-refractivity contribution in [1.29, 1.82) is 0 Å². The van der Waals surface area contributed by atoms with E-state index in [4.69, 9.17) is 4.52 Å². The van der Waals surface area contributed by atoms with E-state index in [2.05, 4.69) is 60.6 Å². The molecule has 0 saturated heterocycles. The molecule has 0 unspecified atom stereocenters. The number of rotatable bonds is 3. The lowest BCUT2D eigenvalue weighted by Gasteiger charge is -2.31. The van der Waals surface area contributed by atoms with Gasteiger partial charge in [0, 0.05) is 5.56 Å².